The van der Waals surface area contributed by atoms with Crippen LogP contribution in [0.1, 0.15) is 295 Å². The van der Waals surface area contributed by atoms with E-state index in [-0.39, 0.29) is 78.1 Å². The Hall–Kier alpha value is -9.06. The molecule has 4 aliphatic carbocycles. The molecule has 1 N–H and O–H groups in total. The fourth-order valence-electron chi connectivity index (χ4n) is 18.5. The fraction of sp³-hybridized carbons (Fsp3) is 0.639. The number of piperazine rings is 5. The Morgan fingerprint density at radius 3 is 0.674 bits per heavy atom. The molecule has 8 amide bonds. The van der Waals surface area contributed by atoms with Gasteiger partial charge in [0, 0.05) is 241 Å². The van der Waals surface area contributed by atoms with Crippen molar-refractivity contribution in [3.63, 3.8) is 0 Å². The maximum Gasteiger partial charge on any atom is 0.410 e. The molecule has 0 spiro atoms. The molecule has 5 aromatic carbocycles. The third kappa shape index (κ3) is 32.7. The van der Waals surface area contributed by atoms with E-state index in [4.69, 9.17) is 81.7 Å². The highest BCUT2D eigenvalue weighted by Gasteiger charge is 2.42. The van der Waals surface area contributed by atoms with Crippen LogP contribution in [0.4, 0.5) is 52.4 Å². The van der Waals surface area contributed by atoms with Crippen LogP contribution in [0.5, 0.6) is 0 Å². The molecule has 2 unspecified atom stereocenters. The molecule has 14 rings (SSSR count). The van der Waals surface area contributed by atoms with E-state index in [2.05, 4.69) is 94.8 Å². The van der Waals surface area contributed by atoms with Gasteiger partial charge < -0.3 is 92.7 Å². The van der Waals surface area contributed by atoms with Crippen molar-refractivity contribution < 1.29 is 66.8 Å². The minimum absolute atomic E-state index is 0.0133. The van der Waals surface area contributed by atoms with Crippen LogP contribution in [-0.2, 0) is 38.1 Å². The molecule has 33 heteroatoms. The molecular formula is C108H159Cl5N14O14. The summed E-state index contributed by atoms with van der Waals surface area (Å²) in [5, 5.41) is 7.29. The minimum atomic E-state index is -0.500. The standard InChI is InChI=1S/3C23H34ClN3O3.C21H32ClN3O2.C18H25ClN2O3/c3*1-15-13-19(16(2)27(17(3)28)18-7-8-18)21(14-20(15)24)25-9-11-26(12-10-25)22(29)30-23(4,5)6;1-14-12-17(15(2)23-16-6-7-16)19(13-18(14)22)24-8-10-25(11-9-24)20(26)27-21(3,4)5;1-12-10-14(13(2)22)16(11-15(12)19)20-6-8-21(9-7-20)17(23)24-18(3,4)5/h3*13-14,16,18H,7-12H2,1-6H3;12-13,15-16,23H,6-11H2,1-5H3;10-11H,6-9H2,1-5H3/t2*16-;;;/m10.../s1. The minimum Gasteiger partial charge on any atom is -0.444 e. The molecule has 5 aliphatic heterocycles. The fourth-order valence-corrected chi connectivity index (χ4v) is 19.2. The second-order valence-corrected chi connectivity index (χ2v) is 46.3. The van der Waals surface area contributed by atoms with Crippen molar-refractivity contribution in [2.45, 2.75) is 322 Å². The van der Waals surface area contributed by atoms with Crippen molar-refractivity contribution in [1.82, 2.24) is 44.5 Å². The van der Waals surface area contributed by atoms with Crippen LogP contribution in [0.3, 0.4) is 0 Å². The summed E-state index contributed by atoms with van der Waals surface area (Å²) in [4.78, 5) is 137. The zero-order valence-corrected chi connectivity index (χ0v) is 92.9. The molecule has 0 radical (unpaired) electrons. The van der Waals surface area contributed by atoms with Gasteiger partial charge in [0.25, 0.3) is 0 Å². The van der Waals surface area contributed by atoms with Crippen molar-refractivity contribution >= 4 is 140 Å². The molecule has 0 aromatic heterocycles. The van der Waals surface area contributed by atoms with Crippen LogP contribution in [0, 0.1) is 34.6 Å². The van der Waals surface area contributed by atoms with Crippen molar-refractivity contribution in [1.29, 1.82) is 0 Å². The molecule has 780 valence electrons. The van der Waals surface area contributed by atoms with Gasteiger partial charge in [-0.1, -0.05) is 82.3 Å². The number of rotatable bonds is 18. The van der Waals surface area contributed by atoms with E-state index in [1.165, 1.54) is 24.1 Å². The number of carbonyl (C=O) groups is 9. The van der Waals surface area contributed by atoms with Crippen molar-refractivity contribution in [2.24, 2.45) is 0 Å². The topological polar surface area (TPSA) is 254 Å². The second-order valence-electron chi connectivity index (χ2n) is 44.3. The van der Waals surface area contributed by atoms with Crippen LogP contribution < -0.4 is 29.8 Å². The van der Waals surface area contributed by atoms with Gasteiger partial charge in [0.1, 0.15) is 28.0 Å². The molecular weight excluding hydrogens is 1890 g/mol. The number of halogens is 5. The number of hydrogen-bond acceptors (Lipinski definition) is 20. The van der Waals surface area contributed by atoms with Gasteiger partial charge in [-0.05, 0) is 311 Å². The lowest BCUT2D eigenvalue weighted by Gasteiger charge is -2.39. The largest absolute Gasteiger partial charge is 0.444 e. The monoisotopic (exact) mass is 2050 g/mol. The van der Waals surface area contributed by atoms with Crippen LogP contribution in [0.25, 0.3) is 0 Å². The number of Topliss-reactive ketones (excluding diaryl/α,β-unsaturated/α-hetero) is 1. The Morgan fingerprint density at radius 1 is 0.291 bits per heavy atom. The predicted octanol–water partition coefficient (Wildman–Crippen LogP) is 22.8. The highest BCUT2D eigenvalue weighted by atomic mass is 35.5. The Balaban J connectivity index is 0.000000182. The van der Waals surface area contributed by atoms with Gasteiger partial charge in [-0.3, -0.25) is 19.2 Å². The number of nitrogens with zero attached hydrogens (tertiary/aromatic N) is 13. The zero-order valence-electron chi connectivity index (χ0n) is 89.1. The average Bonchev–Trinajstić information content (AvgIpc) is 1.76. The molecule has 141 heavy (non-hydrogen) atoms. The summed E-state index contributed by atoms with van der Waals surface area (Å²) in [6.45, 7) is 66.1. The number of ketones is 1. The van der Waals surface area contributed by atoms with E-state index >= 15 is 0 Å². The van der Waals surface area contributed by atoms with Crippen molar-refractivity contribution in [3.8, 4) is 0 Å². The first-order valence-corrected chi connectivity index (χ1v) is 52.3. The third-order valence-corrected chi connectivity index (χ3v) is 28.3. The van der Waals surface area contributed by atoms with Crippen LogP contribution in [0.2, 0.25) is 25.1 Å². The summed E-state index contributed by atoms with van der Waals surface area (Å²) in [7, 11) is 0. The summed E-state index contributed by atoms with van der Waals surface area (Å²) >= 11 is 32.1. The number of benzene rings is 5. The second kappa shape index (κ2) is 47.9. The number of carbonyl (C=O) groups excluding carboxylic acids is 9. The lowest BCUT2D eigenvalue weighted by atomic mass is 10.00. The Bertz CT molecular complexity index is 4920. The number of anilines is 5. The lowest BCUT2D eigenvalue weighted by molar-refractivity contribution is -0.132. The van der Waals surface area contributed by atoms with Gasteiger partial charge >= 0.3 is 30.5 Å². The summed E-state index contributed by atoms with van der Waals surface area (Å²) in [6.07, 6.45) is 7.62. The number of nitrogens with one attached hydrogen (secondary N) is 1. The molecule has 5 saturated heterocycles. The molecule has 4 saturated carbocycles. The summed E-state index contributed by atoms with van der Waals surface area (Å²) in [6, 6.07) is 22.2. The SMILES string of the molecule is CC(=O)N(C1CC1)C(C)c1cc(C)c(Cl)cc1N1CCN(C(=O)OC(C)(C)C)CC1.CC(=O)N(C1CC1)[C@@H](C)c1cc(C)c(Cl)cc1N1CCN(C(=O)OC(C)(C)C)CC1.CC(=O)N(C1CC1)[C@H](C)c1cc(C)c(Cl)cc1N1CCN(C(=O)OC(C)(C)C)CC1.CC(=O)c1cc(C)c(Cl)cc1N1CCN(C(=O)OC(C)(C)C)CC1.Cc1cc(C(C)NC2CC2)c(N2CCN(C(=O)OC(C)(C)C)CC2)cc1Cl. The third-order valence-electron chi connectivity index (χ3n) is 26.3. The smallest absolute Gasteiger partial charge is 0.410 e. The van der Waals surface area contributed by atoms with Crippen molar-refractivity contribution in [2.75, 3.05) is 155 Å². The lowest BCUT2D eigenvalue weighted by Crippen LogP contribution is -2.50. The molecule has 0 bridgehead atoms. The zero-order chi connectivity index (χ0) is 104. The van der Waals surface area contributed by atoms with E-state index in [0.29, 0.717) is 153 Å². The van der Waals surface area contributed by atoms with E-state index < -0.39 is 28.0 Å². The van der Waals surface area contributed by atoms with Crippen LogP contribution in [-0.4, -0.2) is 276 Å². The molecule has 28 nitrogen and oxygen atoms in total. The Morgan fingerprint density at radius 2 is 0.482 bits per heavy atom. The number of amides is 8. The molecule has 4 atom stereocenters. The Kier molecular flexibility index (Phi) is 38.7. The normalized spacial score (nSPS) is 17.9. The molecule has 9 aliphatic rings. The van der Waals surface area contributed by atoms with Gasteiger partial charge in [0.2, 0.25) is 17.7 Å². The van der Waals surface area contributed by atoms with Crippen molar-refractivity contribution in [3.05, 3.63) is 141 Å². The van der Waals surface area contributed by atoms with E-state index in [1.807, 2.05) is 177 Å². The van der Waals surface area contributed by atoms with Gasteiger partial charge in [-0.2, -0.15) is 0 Å². The molecule has 5 heterocycles. The predicted molar refractivity (Wildman–Crippen MR) is 567 cm³/mol. The first kappa shape index (κ1) is 114. The van der Waals surface area contributed by atoms with Crippen LogP contribution in [0.15, 0.2) is 60.7 Å². The summed E-state index contributed by atoms with van der Waals surface area (Å²) in [5.74, 6) is 0.342. The molecule has 5 aromatic rings. The van der Waals surface area contributed by atoms with E-state index in [0.717, 1.165) is 139 Å². The van der Waals surface area contributed by atoms with Gasteiger partial charge in [0.05, 0.1) is 18.1 Å². The average molecular weight is 2050 g/mol. The van der Waals surface area contributed by atoms with E-state index in [9.17, 15) is 43.2 Å². The number of hydrogen-bond donors (Lipinski definition) is 1. The first-order chi connectivity index (χ1) is 65.6. The quantitative estimate of drug-likeness (QED) is 0.0632. The van der Waals surface area contributed by atoms with Gasteiger partial charge in [-0.25, -0.2) is 24.0 Å². The van der Waals surface area contributed by atoms with Crippen LogP contribution >= 0.6 is 58.0 Å². The summed E-state index contributed by atoms with van der Waals surface area (Å²) in [5.41, 5.74) is 13.0. The number of ether oxygens (including phenoxy) is 5. The first-order valence-electron chi connectivity index (χ1n) is 50.4. The highest BCUT2D eigenvalue weighted by Crippen LogP contribution is 2.46. The maximum absolute atomic E-state index is 12.4. The Labute approximate surface area is 864 Å². The van der Waals surface area contributed by atoms with Gasteiger partial charge in [-0.15, -0.1) is 0 Å². The van der Waals surface area contributed by atoms with E-state index in [1.54, 1.807) is 52.2 Å². The highest BCUT2D eigenvalue weighted by molar-refractivity contribution is 6.33. The van der Waals surface area contributed by atoms with Gasteiger partial charge in [0.15, 0.2) is 5.78 Å². The summed E-state index contributed by atoms with van der Waals surface area (Å²) < 4.78 is 27.4. The number of aryl methyl sites for hydroxylation is 5. The maximum atomic E-state index is 12.4. The molecule has 9 fully saturated rings.